The molecule has 0 radical (unpaired) electrons. The van der Waals surface area contributed by atoms with Gasteiger partial charge in [-0.3, -0.25) is 4.79 Å². The molecule has 1 aromatic carbocycles. The monoisotopic (exact) mass is 316 g/mol. The van der Waals surface area contributed by atoms with Gasteiger partial charge < -0.3 is 29.2 Å². The Morgan fingerprint density at radius 1 is 1.26 bits per heavy atom. The molecule has 3 heterocycles. The van der Waals surface area contributed by atoms with Crippen LogP contribution in [0.15, 0.2) is 28.7 Å². The van der Waals surface area contributed by atoms with Crippen LogP contribution in [0.2, 0.25) is 0 Å². The summed E-state index contributed by atoms with van der Waals surface area (Å²) < 4.78 is 15.9. The van der Waals surface area contributed by atoms with Gasteiger partial charge in [0.05, 0.1) is 24.5 Å². The Balaban J connectivity index is 1.68. The topological polar surface area (TPSA) is 101 Å². The third-order valence-corrected chi connectivity index (χ3v) is 3.70. The number of furan rings is 1. The van der Waals surface area contributed by atoms with Crippen molar-refractivity contribution < 1.29 is 28.6 Å². The molecule has 0 saturated heterocycles. The van der Waals surface area contributed by atoms with Crippen molar-refractivity contribution in [1.29, 1.82) is 0 Å². The van der Waals surface area contributed by atoms with Crippen LogP contribution in [0.25, 0.3) is 0 Å². The third-order valence-electron chi connectivity index (χ3n) is 3.70. The summed E-state index contributed by atoms with van der Waals surface area (Å²) in [7, 11) is 0. The second kappa shape index (κ2) is 4.94. The lowest BCUT2D eigenvalue weighted by Gasteiger charge is -2.29. The zero-order valence-corrected chi connectivity index (χ0v) is 11.9. The van der Waals surface area contributed by atoms with Gasteiger partial charge in [-0.1, -0.05) is 0 Å². The molecule has 8 nitrogen and oxygen atoms in total. The summed E-state index contributed by atoms with van der Waals surface area (Å²) in [5.74, 6) is 0.124. The number of fused-ring (bicyclic) bond motifs is 2. The maximum Gasteiger partial charge on any atom is 0.371 e. The van der Waals surface area contributed by atoms with E-state index in [0.717, 1.165) is 5.69 Å². The van der Waals surface area contributed by atoms with Gasteiger partial charge >= 0.3 is 5.97 Å². The molecule has 0 atom stereocenters. The average Bonchev–Trinajstić information content (AvgIpc) is 3.17. The van der Waals surface area contributed by atoms with Crippen molar-refractivity contribution in [2.75, 3.05) is 23.6 Å². The van der Waals surface area contributed by atoms with Gasteiger partial charge in [-0.25, -0.2) is 4.79 Å². The first-order chi connectivity index (χ1) is 11.1. The Morgan fingerprint density at radius 3 is 2.78 bits per heavy atom. The number of hydrogen-bond donors (Lipinski definition) is 2. The van der Waals surface area contributed by atoms with Crippen LogP contribution in [0, 0.1) is 0 Å². The highest BCUT2D eigenvalue weighted by atomic mass is 16.7. The van der Waals surface area contributed by atoms with Gasteiger partial charge in [-0.15, -0.1) is 0 Å². The Morgan fingerprint density at radius 2 is 2.04 bits per heavy atom. The number of nitrogens with zero attached hydrogens (tertiary/aromatic N) is 1. The number of carbonyl (C=O) groups excluding carboxylic acids is 1. The minimum atomic E-state index is -1.15. The van der Waals surface area contributed by atoms with Crippen molar-refractivity contribution in [3.05, 3.63) is 35.8 Å². The lowest BCUT2D eigenvalue weighted by Crippen LogP contribution is -2.39. The molecular weight excluding hydrogens is 304 g/mol. The van der Waals surface area contributed by atoms with Crippen molar-refractivity contribution in [3.63, 3.8) is 0 Å². The predicted octanol–water partition coefficient (Wildman–Crippen LogP) is 1.67. The molecule has 0 aliphatic carbocycles. The Hall–Kier alpha value is -3.16. The summed E-state index contributed by atoms with van der Waals surface area (Å²) in [6, 6.07) is 6.42. The van der Waals surface area contributed by atoms with Crippen LogP contribution in [0.4, 0.5) is 11.4 Å². The average molecular weight is 316 g/mol. The van der Waals surface area contributed by atoms with Crippen molar-refractivity contribution in [2.24, 2.45) is 0 Å². The van der Waals surface area contributed by atoms with Gasteiger partial charge in [0.2, 0.25) is 18.5 Å². The van der Waals surface area contributed by atoms with E-state index in [-0.39, 0.29) is 31.5 Å². The van der Waals surface area contributed by atoms with Crippen LogP contribution in [0.5, 0.6) is 11.5 Å². The zero-order valence-electron chi connectivity index (χ0n) is 11.9. The molecule has 4 rings (SSSR count). The summed E-state index contributed by atoms with van der Waals surface area (Å²) in [6.07, 6.45) is 0. The number of benzene rings is 1. The van der Waals surface area contributed by atoms with E-state index in [0.29, 0.717) is 22.9 Å². The summed E-state index contributed by atoms with van der Waals surface area (Å²) in [4.78, 5) is 24.6. The number of carbonyl (C=O) groups is 2. The fourth-order valence-corrected chi connectivity index (χ4v) is 2.60. The molecule has 0 unspecified atom stereocenters. The number of carboxylic acids is 1. The van der Waals surface area contributed by atoms with Gasteiger partial charge in [-0.05, 0) is 12.1 Å². The van der Waals surface area contributed by atoms with Crippen LogP contribution in [-0.4, -0.2) is 30.3 Å². The van der Waals surface area contributed by atoms with Crippen molar-refractivity contribution in [1.82, 2.24) is 0 Å². The second-order valence-electron chi connectivity index (χ2n) is 5.13. The maximum atomic E-state index is 12.2. The number of nitrogens with one attached hydrogen (secondary N) is 1. The Kier molecular flexibility index (Phi) is 2.90. The number of ether oxygens (including phenoxy) is 2. The molecule has 2 aliphatic rings. The van der Waals surface area contributed by atoms with E-state index in [2.05, 4.69) is 5.32 Å². The number of carboxylic acid groups (broad SMARTS) is 1. The van der Waals surface area contributed by atoms with Gasteiger partial charge in [0.1, 0.15) is 5.76 Å². The van der Waals surface area contributed by atoms with Crippen molar-refractivity contribution >= 4 is 23.3 Å². The molecular formula is C15H12N2O6. The molecule has 118 valence electrons. The van der Waals surface area contributed by atoms with Gasteiger partial charge in [0.25, 0.3) is 0 Å². The highest BCUT2D eigenvalue weighted by Gasteiger charge is 2.28. The molecule has 0 saturated carbocycles. The van der Waals surface area contributed by atoms with Crippen LogP contribution >= 0.6 is 0 Å². The normalized spacial score (nSPS) is 15.3. The maximum absolute atomic E-state index is 12.2. The number of hydrogen-bond acceptors (Lipinski definition) is 6. The quantitative estimate of drug-likeness (QED) is 0.888. The first-order valence-electron chi connectivity index (χ1n) is 6.92. The number of anilines is 2. The Bertz CT molecular complexity index is 812. The minimum absolute atomic E-state index is 0.138. The van der Waals surface area contributed by atoms with Crippen LogP contribution in [0.1, 0.15) is 16.3 Å². The Labute approximate surface area is 130 Å². The fourth-order valence-electron chi connectivity index (χ4n) is 2.60. The van der Waals surface area contributed by atoms with E-state index in [4.69, 9.17) is 19.0 Å². The van der Waals surface area contributed by atoms with Crippen LogP contribution < -0.4 is 19.7 Å². The van der Waals surface area contributed by atoms with E-state index < -0.39 is 5.97 Å². The number of aromatic carboxylic acids is 1. The highest BCUT2D eigenvalue weighted by Crippen LogP contribution is 2.42. The molecule has 2 aliphatic heterocycles. The molecule has 1 amide bonds. The molecule has 8 heteroatoms. The van der Waals surface area contributed by atoms with E-state index >= 15 is 0 Å². The summed E-state index contributed by atoms with van der Waals surface area (Å²) >= 11 is 0. The standard InChI is InChI=1S/C15H12N2O6/c18-14-5-16-9-3-12-13(22-7-21-12)4-10(9)17(14)6-8-1-2-11(23-8)15(19)20/h1-4,16H,5-7H2,(H,19,20). The van der Waals surface area contributed by atoms with Crippen molar-refractivity contribution in [2.45, 2.75) is 6.54 Å². The molecule has 0 fully saturated rings. The number of rotatable bonds is 3. The van der Waals surface area contributed by atoms with Crippen LogP contribution in [-0.2, 0) is 11.3 Å². The molecule has 0 spiro atoms. The zero-order chi connectivity index (χ0) is 16.0. The first kappa shape index (κ1) is 13.5. The molecule has 23 heavy (non-hydrogen) atoms. The lowest BCUT2D eigenvalue weighted by atomic mass is 10.1. The molecule has 1 aromatic heterocycles. The second-order valence-corrected chi connectivity index (χ2v) is 5.13. The highest BCUT2D eigenvalue weighted by molar-refractivity contribution is 6.03. The van der Waals surface area contributed by atoms with Gasteiger partial charge in [0.15, 0.2) is 11.5 Å². The van der Waals surface area contributed by atoms with Crippen LogP contribution in [0.3, 0.4) is 0 Å². The van der Waals surface area contributed by atoms with E-state index in [1.807, 2.05) is 0 Å². The fraction of sp³-hybridized carbons (Fsp3) is 0.200. The van der Waals surface area contributed by atoms with E-state index in [1.54, 1.807) is 18.2 Å². The number of amides is 1. The van der Waals surface area contributed by atoms with Gasteiger partial charge in [-0.2, -0.15) is 0 Å². The largest absolute Gasteiger partial charge is 0.475 e. The predicted molar refractivity (Wildman–Crippen MR) is 77.9 cm³/mol. The summed E-state index contributed by atoms with van der Waals surface area (Å²) in [5, 5.41) is 11.9. The summed E-state index contributed by atoms with van der Waals surface area (Å²) in [5.41, 5.74) is 1.39. The van der Waals surface area contributed by atoms with E-state index in [1.165, 1.54) is 11.0 Å². The molecule has 2 N–H and O–H groups in total. The van der Waals surface area contributed by atoms with Crippen molar-refractivity contribution in [3.8, 4) is 11.5 Å². The SMILES string of the molecule is O=C(O)c1ccc(CN2C(=O)CNc3cc4c(cc32)OCO4)o1. The summed E-state index contributed by atoms with van der Waals surface area (Å²) in [6.45, 7) is 0.423. The molecule has 0 bridgehead atoms. The lowest BCUT2D eigenvalue weighted by molar-refractivity contribution is -0.117. The van der Waals surface area contributed by atoms with E-state index in [9.17, 15) is 9.59 Å². The van der Waals surface area contributed by atoms with Gasteiger partial charge in [0, 0.05) is 12.1 Å². The molecule has 2 aromatic rings. The first-order valence-corrected chi connectivity index (χ1v) is 6.92. The third kappa shape index (κ3) is 2.24. The minimum Gasteiger partial charge on any atom is -0.475 e. The smallest absolute Gasteiger partial charge is 0.371 e.